The second-order valence-corrected chi connectivity index (χ2v) is 8.50. The molecule has 0 spiro atoms. The molecule has 32 heavy (non-hydrogen) atoms. The van der Waals surface area contributed by atoms with E-state index in [1.807, 2.05) is 0 Å². The van der Waals surface area contributed by atoms with Crippen LogP contribution in [0.2, 0.25) is 0 Å². The van der Waals surface area contributed by atoms with Crippen LogP contribution in [0.5, 0.6) is 0 Å². The molecule has 0 bridgehead atoms. The van der Waals surface area contributed by atoms with Gasteiger partial charge < -0.3 is 19.9 Å². The lowest BCUT2D eigenvalue weighted by atomic mass is 9.86. The minimum absolute atomic E-state index is 0.00969. The number of ether oxygens (including phenoxy) is 1. The predicted molar refractivity (Wildman–Crippen MR) is 103 cm³/mol. The second kappa shape index (κ2) is 8.49. The zero-order chi connectivity index (χ0) is 23.1. The molecule has 2 atom stereocenters. The number of fused-ring (bicyclic) bond motifs is 1. The van der Waals surface area contributed by atoms with E-state index in [1.54, 1.807) is 4.90 Å². The first kappa shape index (κ1) is 22.8. The number of halogens is 5. The number of carbonyl (C=O) groups is 2. The Hall–Kier alpha value is -2.43. The van der Waals surface area contributed by atoms with E-state index in [4.69, 9.17) is 4.74 Å². The van der Waals surface area contributed by atoms with E-state index >= 15 is 0 Å². The first-order valence-corrected chi connectivity index (χ1v) is 10.6. The first-order valence-electron chi connectivity index (χ1n) is 10.6. The molecule has 1 aromatic carbocycles. The lowest BCUT2D eigenvalue weighted by molar-refractivity contribution is -0.140. The van der Waals surface area contributed by atoms with Crippen molar-refractivity contribution in [3.8, 4) is 0 Å². The number of piperidine rings is 2. The number of nitrogens with one attached hydrogen (secondary N) is 1. The molecule has 1 aromatic rings. The lowest BCUT2D eigenvalue weighted by Crippen LogP contribution is -2.62. The Morgan fingerprint density at radius 2 is 1.53 bits per heavy atom. The largest absolute Gasteiger partial charge is 0.416 e. The standard InChI is InChI=1S/C21H24F5N3O3/c22-20(23,13-1-3-15(4-2-13)21(24,25)26)14-5-8-28(9-6-14)19(31)29-10-7-17-16(11-29)27-18(30)12-32-17/h1-4,14,16-17H,5-12H2,(H,27,30)/t16-,17+/m1/s1. The van der Waals surface area contributed by atoms with Crippen molar-refractivity contribution in [2.45, 2.75) is 43.5 Å². The van der Waals surface area contributed by atoms with Crippen LogP contribution < -0.4 is 5.32 Å². The molecule has 0 unspecified atom stereocenters. The summed E-state index contributed by atoms with van der Waals surface area (Å²) in [6.45, 7) is 1.03. The minimum Gasteiger partial charge on any atom is -0.366 e. The average Bonchev–Trinajstić information content (AvgIpc) is 2.77. The summed E-state index contributed by atoms with van der Waals surface area (Å²) in [7, 11) is 0. The van der Waals surface area contributed by atoms with E-state index < -0.39 is 29.1 Å². The van der Waals surface area contributed by atoms with Crippen molar-refractivity contribution in [2.75, 3.05) is 32.8 Å². The van der Waals surface area contributed by atoms with E-state index in [9.17, 15) is 31.5 Å². The van der Waals surface area contributed by atoms with E-state index in [0.717, 1.165) is 12.1 Å². The fraction of sp³-hybridized carbons (Fsp3) is 0.619. The van der Waals surface area contributed by atoms with Crippen LogP contribution in [0.15, 0.2) is 24.3 Å². The topological polar surface area (TPSA) is 61.9 Å². The van der Waals surface area contributed by atoms with Gasteiger partial charge in [0.15, 0.2) is 0 Å². The maximum absolute atomic E-state index is 14.9. The number of rotatable bonds is 2. The molecular weight excluding hydrogens is 437 g/mol. The molecule has 1 N–H and O–H groups in total. The van der Waals surface area contributed by atoms with Crippen molar-refractivity contribution in [1.82, 2.24) is 15.1 Å². The van der Waals surface area contributed by atoms with Crippen LogP contribution in [0.3, 0.4) is 0 Å². The van der Waals surface area contributed by atoms with Crippen LogP contribution in [-0.2, 0) is 21.6 Å². The number of alkyl halides is 5. The van der Waals surface area contributed by atoms with Crippen LogP contribution in [0.25, 0.3) is 0 Å². The number of urea groups is 1. The number of carbonyl (C=O) groups excluding carboxylic acids is 2. The highest BCUT2D eigenvalue weighted by molar-refractivity contribution is 5.79. The molecule has 4 rings (SSSR count). The third-order valence-electron chi connectivity index (χ3n) is 6.47. The van der Waals surface area contributed by atoms with Crippen LogP contribution in [-0.4, -0.2) is 66.7 Å². The number of likely N-dealkylation sites (tertiary alicyclic amines) is 2. The van der Waals surface area contributed by atoms with Gasteiger partial charge in [-0.05, 0) is 31.4 Å². The lowest BCUT2D eigenvalue weighted by Gasteiger charge is -2.44. The zero-order valence-electron chi connectivity index (χ0n) is 17.2. The molecule has 0 radical (unpaired) electrons. The molecule has 3 aliphatic heterocycles. The Balaban J connectivity index is 1.34. The number of hydrogen-bond acceptors (Lipinski definition) is 3. The van der Waals surface area contributed by atoms with Gasteiger partial charge in [-0.3, -0.25) is 4.79 Å². The molecule has 3 amide bonds. The van der Waals surface area contributed by atoms with Gasteiger partial charge in [0, 0.05) is 37.7 Å². The second-order valence-electron chi connectivity index (χ2n) is 8.50. The van der Waals surface area contributed by atoms with Crippen LogP contribution >= 0.6 is 0 Å². The molecule has 11 heteroatoms. The summed E-state index contributed by atoms with van der Waals surface area (Å²) in [5.41, 5.74) is -1.42. The highest BCUT2D eigenvalue weighted by atomic mass is 19.4. The smallest absolute Gasteiger partial charge is 0.366 e. The summed E-state index contributed by atoms with van der Waals surface area (Å²) in [6.07, 6.45) is -4.05. The number of amides is 3. The summed E-state index contributed by atoms with van der Waals surface area (Å²) >= 11 is 0. The fourth-order valence-corrected chi connectivity index (χ4v) is 4.62. The maximum Gasteiger partial charge on any atom is 0.416 e. The number of nitrogens with zero attached hydrogens (tertiary/aromatic N) is 2. The molecular formula is C21H24F5N3O3. The summed E-state index contributed by atoms with van der Waals surface area (Å²) in [4.78, 5) is 27.5. The molecule has 3 saturated heterocycles. The minimum atomic E-state index is -4.58. The molecule has 0 aliphatic carbocycles. The Morgan fingerprint density at radius 1 is 0.938 bits per heavy atom. The van der Waals surface area contributed by atoms with Crippen molar-refractivity contribution in [3.63, 3.8) is 0 Å². The highest BCUT2D eigenvalue weighted by Crippen LogP contribution is 2.42. The number of benzene rings is 1. The van der Waals surface area contributed by atoms with Gasteiger partial charge in [0.05, 0.1) is 17.7 Å². The number of morpholine rings is 1. The summed E-state index contributed by atoms with van der Waals surface area (Å²) < 4.78 is 73.4. The molecule has 3 aliphatic rings. The zero-order valence-corrected chi connectivity index (χ0v) is 17.2. The number of hydrogen-bond donors (Lipinski definition) is 1. The van der Waals surface area contributed by atoms with Crippen molar-refractivity contribution in [2.24, 2.45) is 5.92 Å². The molecule has 176 valence electrons. The van der Waals surface area contributed by atoms with Gasteiger partial charge in [-0.25, -0.2) is 13.6 Å². The third-order valence-corrected chi connectivity index (χ3v) is 6.47. The quantitative estimate of drug-likeness (QED) is 0.689. The van der Waals surface area contributed by atoms with E-state index in [0.29, 0.717) is 31.6 Å². The Kier molecular flexibility index (Phi) is 6.04. The Bertz CT molecular complexity index is 853. The summed E-state index contributed by atoms with van der Waals surface area (Å²) in [5, 5.41) is 2.82. The molecule has 0 aromatic heterocycles. The van der Waals surface area contributed by atoms with Gasteiger partial charge in [0.2, 0.25) is 5.91 Å². The fourth-order valence-electron chi connectivity index (χ4n) is 4.62. The van der Waals surface area contributed by atoms with Crippen LogP contribution in [0.1, 0.15) is 30.4 Å². The van der Waals surface area contributed by atoms with Crippen molar-refractivity contribution >= 4 is 11.9 Å². The normalized spacial score (nSPS) is 25.3. The van der Waals surface area contributed by atoms with Gasteiger partial charge in [0.1, 0.15) is 6.61 Å². The van der Waals surface area contributed by atoms with E-state index in [1.165, 1.54) is 4.90 Å². The van der Waals surface area contributed by atoms with E-state index in [-0.39, 0.29) is 56.6 Å². The highest BCUT2D eigenvalue weighted by Gasteiger charge is 2.45. The first-order chi connectivity index (χ1) is 15.1. The maximum atomic E-state index is 14.9. The average molecular weight is 461 g/mol. The molecule has 0 saturated carbocycles. The molecule has 3 fully saturated rings. The summed E-state index contributed by atoms with van der Waals surface area (Å²) in [6, 6.07) is 2.43. The summed E-state index contributed by atoms with van der Waals surface area (Å²) in [5.74, 6) is -4.59. The van der Waals surface area contributed by atoms with Gasteiger partial charge in [0.25, 0.3) is 5.92 Å². The van der Waals surface area contributed by atoms with Gasteiger partial charge in [-0.15, -0.1) is 0 Å². The van der Waals surface area contributed by atoms with Crippen molar-refractivity contribution < 1.29 is 36.3 Å². The Morgan fingerprint density at radius 3 is 2.16 bits per heavy atom. The van der Waals surface area contributed by atoms with Crippen LogP contribution in [0.4, 0.5) is 26.7 Å². The predicted octanol–water partition coefficient (Wildman–Crippen LogP) is 3.22. The van der Waals surface area contributed by atoms with Gasteiger partial charge in [-0.1, -0.05) is 12.1 Å². The van der Waals surface area contributed by atoms with Gasteiger partial charge >= 0.3 is 12.2 Å². The van der Waals surface area contributed by atoms with E-state index in [2.05, 4.69) is 5.32 Å². The Labute approximate surface area is 181 Å². The van der Waals surface area contributed by atoms with Crippen molar-refractivity contribution in [3.05, 3.63) is 35.4 Å². The third kappa shape index (κ3) is 4.53. The van der Waals surface area contributed by atoms with Gasteiger partial charge in [-0.2, -0.15) is 13.2 Å². The monoisotopic (exact) mass is 461 g/mol. The van der Waals surface area contributed by atoms with Crippen LogP contribution in [0, 0.1) is 5.92 Å². The molecule has 6 nitrogen and oxygen atoms in total. The molecule has 3 heterocycles. The van der Waals surface area contributed by atoms with Crippen molar-refractivity contribution in [1.29, 1.82) is 0 Å². The SMILES string of the molecule is O=C1CO[C@H]2CCN(C(=O)N3CCC(C(F)(F)c4ccc(C(F)(F)F)cc4)CC3)C[C@H]2N1.